The zero-order chi connectivity index (χ0) is 44.7. The van der Waals surface area contributed by atoms with Gasteiger partial charge in [-0.2, -0.15) is 0 Å². The van der Waals surface area contributed by atoms with Crippen LogP contribution in [0.3, 0.4) is 0 Å². The standard InChI is InChI=1S/C23H24ClNO5.C16H19Cl2NO3.C7H6O2.CH4/c1-16(29-21(27)17-10-4-3-5-11-17)30-22(28)25(2)23(15-9-8-14-20(23)26)18-12-6-7-13-19(18)24;1-11(17)22-15(21)19(2)16(10-6-5-9-14(16)20)12-7-3-4-8-13(12)18;8-7(9)6-4-2-1-3-5-6;/h3-7,10-13,16H,8-9,14-15H2,1-2H3;3-4,7-8,11H,5-6,9-10H2,1-2H3;1-5H,(H,8,9);1H4/t16?,23-;11?,16-;;/m00../s1. The summed E-state index contributed by atoms with van der Waals surface area (Å²) in [5.74, 6) is -1.59. The van der Waals surface area contributed by atoms with Gasteiger partial charge in [0.25, 0.3) is 0 Å². The molecule has 0 spiro atoms. The van der Waals surface area contributed by atoms with Crippen molar-refractivity contribution >= 4 is 70.5 Å². The highest BCUT2D eigenvalue weighted by molar-refractivity contribution is 6.32. The first kappa shape index (κ1) is 50.9. The number of carbonyl (C=O) groups excluding carboxylic acids is 5. The van der Waals surface area contributed by atoms with Crippen molar-refractivity contribution in [3.8, 4) is 0 Å². The largest absolute Gasteiger partial charge is 0.478 e. The molecular weight excluding hydrogens is 859 g/mol. The van der Waals surface area contributed by atoms with Gasteiger partial charge >= 0.3 is 24.1 Å². The second-order valence-corrected chi connectivity index (χ2v) is 15.8. The summed E-state index contributed by atoms with van der Waals surface area (Å²) in [6, 6.07) is 30.9. The lowest BCUT2D eigenvalue weighted by molar-refractivity contribution is -0.135. The predicted octanol–water partition coefficient (Wildman–Crippen LogP) is 11.3. The van der Waals surface area contributed by atoms with Crippen LogP contribution < -0.4 is 0 Å². The Hall–Kier alpha value is -5.43. The van der Waals surface area contributed by atoms with Crippen LogP contribution in [-0.2, 0) is 34.9 Å². The number of halogens is 3. The Morgan fingerprint density at radius 2 is 0.984 bits per heavy atom. The van der Waals surface area contributed by atoms with Crippen molar-refractivity contribution in [2.75, 3.05) is 14.1 Å². The average molecular weight is 912 g/mol. The zero-order valence-electron chi connectivity index (χ0n) is 34.4. The first-order valence-electron chi connectivity index (χ1n) is 19.7. The van der Waals surface area contributed by atoms with E-state index in [0.717, 1.165) is 25.7 Å². The maximum absolute atomic E-state index is 13.1. The van der Waals surface area contributed by atoms with Gasteiger partial charge in [-0.05, 0) is 81.8 Å². The normalized spacial score (nSPS) is 19.0. The van der Waals surface area contributed by atoms with Crippen molar-refractivity contribution in [2.24, 2.45) is 0 Å². The summed E-state index contributed by atoms with van der Waals surface area (Å²) in [6.45, 7) is 3.01. The van der Waals surface area contributed by atoms with E-state index in [1.165, 1.54) is 23.8 Å². The number of aromatic carboxylic acids is 1. The molecule has 4 aromatic rings. The number of esters is 1. The SMILES string of the molecule is C.CC(Cl)OC(=O)N(C)[C@]1(c2ccccc2Cl)CCCCC1=O.CC(OC(=O)c1ccccc1)OC(=O)N(C)[C@]1(c2ccccc2Cl)CCCCC1=O.O=C(O)c1ccccc1. The van der Waals surface area contributed by atoms with Crippen LogP contribution >= 0.6 is 34.8 Å². The number of Topliss-reactive ketones (excluding diaryl/α,β-unsaturated/α-hetero) is 2. The number of carbonyl (C=O) groups is 6. The molecule has 2 fully saturated rings. The Morgan fingerprint density at radius 3 is 1.35 bits per heavy atom. The number of carboxylic acid groups (broad SMARTS) is 1. The van der Waals surface area contributed by atoms with E-state index < -0.39 is 47.1 Å². The van der Waals surface area contributed by atoms with Crippen LogP contribution in [0, 0.1) is 0 Å². The van der Waals surface area contributed by atoms with E-state index in [4.69, 9.17) is 54.1 Å². The number of likely N-dealkylation sites (N-methyl/N-ethyl adjacent to an activating group) is 2. The van der Waals surface area contributed by atoms with Gasteiger partial charge in [0, 0.05) is 55.0 Å². The third-order valence-electron chi connectivity index (χ3n) is 10.5. The summed E-state index contributed by atoms with van der Waals surface area (Å²) in [5, 5.41) is 9.27. The summed E-state index contributed by atoms with van der Waals surface area (Å²) >= 11 is 18.4. The van der Waals surface area contributed by atoms with Crippen molar-refractivity contribution in [3.05, 3.63) is 141 Å². The Bertz CT molecular complexity index is 2160. The second-order valence-electron chi connectivity index (χ2n) is 14.4. The molecule has 0 radical (unpaired) electrons. The van der Waals surface area contributed by atoms with Crippen molar-refractivity contribution in [1.82, 2.24) is 9.80 Å². The molecule has 0 aliphatic heterocycles. The lowest BCUT2D eigenvalue weighted by Crippen LogP contribution is -2.54. The Balaban J connectivity index is 0.000000279. The number of ether oxygens (including phenoxy) is 3. The summed E-state index contributed by atoms with van der Waals surface area (Å²) in [5.41, 5.74) is -1.16. The third kappa shape index (κ3) is 12.4. The first-order chi connectivity index (χ1) is 29.1. The van der Waals surface area contributed by atoms with E-state index in [-0.39, 0.29) is 19.0 Å². The molecule has 2 saturated carbocycles. The monoisotopic (exact) mass is 910 g/mol. The van der Waals surface area contributed by atoms with Crippen molar-refractivity contribution in [3.63, 3.8) is 0 Å². The lowest BCUT2D eigenvalue weighted by atomic mass is 9.74. The number of rotatable bonds is 9. The quantitative estimate of drug-likeness (QED) is 0.0974. The fraction of sp³-hybridized carbons (Fsp3) is 0.362. The topological polar surface area (TPSA) is 157 Å². The molecule has 0 heterocycles. The maximum Gasteiger partial charge on any atom is 0.413 e. The third-order valence-corrected chi connectivity index (χ3v) is 11.2. The predicted molar refractivity (Wildman–Crippen MR) is 238 cm³/mol. The molecule has 12 nitrogen and oxygen atoms in total. The number of carboxylic acids is 1. The van der Waals surface area contributed by atoms with Crippen LogP contribution in [0.4, 0.5) is 9.59 Å². The molecule has 332 valence electrons. The van der Waals surface area contributed by atoms with E-state index in [1.54, 1.807) is 117 Å². The fourth-order valence-electron chi connectivity index (χ4n) is 7.41. The number of benzene rings is 4. The van der Waals surface area contributed by atoms with Crippen LogP contribution in [0.25, 0.3) is 0 Å². The maximum atomic E-state index is 13.1. The van der Waals surface area contributed by atoms with Crippen LogP contribution in [0.15, 0.2) is 109 Å². The fourth-order valence-corrected chi connectivity index (χ4v) is 8.07. The van der Waals surface area contributed by atoms with Gasteiger partial charge in [0.05, 0.1) is 11.1 Å². The molecule has 0 aromatic heterocycles. The molecule has 62 heavy (non-hydrogen) atoms. The molecule has 2 aliphatic carbocycles. The summed E-state index contributed by atoms with van der Waals surface area (Å²) in [6.07, 6.45) is 2.40. The zero-order valence-corrected chi connectivity index (χ0v) is 36.6. The molecule has 4 aromatic carbocycles. The van der Waals surface area contributed by atoms with E-state index in [0.29, 0.717) is 58.0 Å². The van der Waals surface area contributed by atoms with Gasteiger partial charge in [-0.3, -0.25) is 19.4 Å². The Kier molecular flexibility index (Phi) is 19.5. The molecule has 2 aliphatic rings. The van der Waals surface area contributed by atoms with Gasteiger partial charge in [-0.1, -0.05) is 115 Å². The molecule has 2 unspecified atom stereocenters. The summed E-state index contributed by atoms with van der Waals surface area (Å²) in [7, 11) is 3.08. The van der Waals surface area contributed by atoms with Gasteiger partial charge in [0.1, 0.15) is 11.1 Å². The van der Waals surface area contributed by atoms with Crippen molar-refractivity contribution in [1.29, 1.82) is 0 Å². The highest BCUT2D eigenvalue weighted by atomic mass is 35.5. The van der Waals surface area contributed by atoms with Crippen LogP contribution in [0.2, 0.25) is 10.0 Å². The molecule has 6 rings (SSSR count). The number of hydrogen-bond donors (Lipinski definition) is 1. The van der Waals surface area contributed by atoms with E-state index >= 15 is 0 Å². The first-order valence-corrected chi connectivity index (χ1v) is 20.9. The van der Waals surface area contributed by atoms with Crippen LogP contribution in [0.1, 0.15) is 104 Å². The summed E-state index contributed by atoms with van der Waals surface area (Å²) in [4.78, 5) is 76.1. The van der Waals surface area contributed by atoms with E-state index in [9.17, 15) is 28.8 Å². The number of hydrogen-bond acceptors (Lipinski definition) is 9. The van der Waals surface area contributed by atoms with E-state index in [1.807, 2.05) is 6.07 Å². The molecule has 15 heteroatoms. The Labute approximate surface area is 378 Å². The molecular formula is C47H53Cl3N2O10. The summed E-state index contributed by atoms with van der Waals surface area (Å²) < 4.78 is 15.6. The van der Waals surface area contributed by atoms with Crippen LogP contribution in [0.5, 0.6) is 0 Å². The van der Waals surface area contributed by atoms with Gasteiger partial charge < -0.3 is 19.3 Å². The van der Waals surface area contributed by atoms with E-state index in [2.05, 4.69) is 0 Å². The van der Waals surface area contributed by atoms with Gasteiger partial charge in [0.15, 0.2) is 17.1 Å². The average Bonchev–Trinajstić information content (AvgIpc) is 3.25. The van der Waals surface area contributed by atoms with Crippen LogP contribution in [-0.4, -0.2) is 76.5 Å². The number of nitrogens with zero attached hydrogens (tertiary/aromatic N) is 2. The molecule has 4 atom stereocenters. The minimum absolute atomic E-state index is 0. The highest BCUT2D eigenvalue weighted by Crippen LogP contribution is 2.44. The lowest BCUT2D eigenvalue weighted by Gasteiger charge is -2.43. The smallest absolute Gasteiger partial charge is 0.413 e. The highest BCUT2D eigenvalue weighted by Gasteiger charge is 2.50. The Morgan fingerprint density at radius 1 is 0.597 bits per heavy atom. The minimum atomic E-state index is -1.21. The number of amides is 2. The second kappa shape index (κ2) is 23.7. The van der Waals surface area contributed by atoms with Gasteiger partial charge in [-0.15, -0.1) is 0 Å². The number of ketones is 2. The van der Waals surface area contributed by atoms with Crippen molar-refractivity contribution in [2.45, 2.75) is 95.6 Å². The minimum Gasteiger partial charge on any atom is -0.478 e. The molecule has 0 bridgehead atoms. The van der Waals surface area contributed by atoms with Crippen molar-refractivity contribution < 1.29 is 48.1 Å². The molecule has 1 N–H and O–H groups in total. The molecule has 0 saturated heterocycles. The molecule has 2 amide bonds. The number of alkyl halides is 1. The van der Waals surface area contributed by atoms with Gasteiger partial charge in [0.2, 0.25) is 6.29 Å². The van der Waals surface area contributed by atoms with Gasteiger partial charge in [-0.25, -0.2) is 19.2 Å².